The van der Waals surface area contributed by atoms with Gasteiger partial charge in [0.25, 0.3) is 5.91 Å². The van der Waals surface area contributed by atoms with E-state index in [-0.39, 0.29) is 5.91 Å². The van der Waals surface area contributed by atoms with E-state index in [9.17, 15) is 4.79 Å². The molecule has 0 aliphatic heterocycles. The number of aromatic nitrogens is 2. The number of pyridine rings is 1. The van der Waals surface area contributed by atoms with Crippen LogP contribution in [0.2, 0.25) is 0 Å². The van der Waals surface area contributed by atoms with E-state index in [0.717, 1.165) is 18.4 Å². The van der Waals surface area contributed by atoms with Crippen LogP contribution in [0.4, 0.5) is 0 Å². The van der Waals surface area contributed by atoms with Gasteiger partial charge < -0.3 is 5.32 Å². The zero-order chi connectivity index (χ0) is 13.5. The Morgan fingerprint density at radius 1 is 1.47 bits per heavy atom. The van der Waals surface area contributed by atoms with Crippen molar-refractivity contribution in [2.45, 2.75) is 12.8 Å². The van der Waals surface area contributed by atoms with Gasteiger partial charge in [0.05, 0.1) is 17.3 Å². The molecule has 19 heavy (non-hydrogen) atoms. The summed E-state index contributed by atoms with van der Waals surface area (Å²) in [6.45, 7) is 1.02. The smallest absolute Gasteiger partial charge is 0.255 e. The summed E-state index contributed by atoms with van der Waals surface area (Å²) in [6.07, 6.45) is 4.90. The lowest BCUT2D eigenvalue weighted by Crippen LogP contribution is -2.24. The number of rotatable bonds is 6. The first-order valence-corrected chi connectivity index (χ1v) is 6.04. The van der Waals surface area contributed by atoms with Crippen molar-refractivity contribution in [2.75, 3.05) is 13.1 Å². The molecule has 0 saturated carbocycles. The fraction of sp³-hybridized carbons (Fsp3) is 0.333. The molecule has 7 heteroatoms. The Morgan fingerprint density at radius 2 is 2.37 bits per heavy atom. The number of nitrogens with one attached hydrogen (secondary N) is 1. The molecule has 1 amide bonds. The van der Waals surface area contributed by atoms with E-state index in [2.05, 4.69) is 20.4 Å². The van der Waals surface area contributed by atoms with Crippen molar-refractivity contribution in [3.05, 3.63) is 46.6 Å². The van der Waals surface area contributed by atoms with Gasteiger partial charge in [-0.2, -0.15) is 5.10 Å². The van der Waals surface area contributed by atoms with Crippen LogP contribution in [-0.4, -0.2) is 28.6 Å². The number of hydrogen-bond acceptors (Lipinski definition) is 3. The zero-order valence-corrected chi connectivity index (χ0v) is 10.4. The Hall–Kier alpha value is -2.53. The topological polar surface area (TPSA) is 95.2 Å². The van der Waals surface area contributed by atoms with E-state index < -0.39 is 0 Å². The van der Waals surface area contributed by atoms with Gasteiger partial charge in [-0.25, -0.2) is 4.52 Å². The molecule has 2 aromatic heterocycles. The number of amides is 1. The average Bonchev–Trinajstić information content (AvgIpc) is 2.86. The molecular formula is C12H14N6O. The van der Waals surface area contributed by atoms with Crippen LogP contribution in [0, 0.1) is 0 Å². The van der Waals surface area contributed by atoms with E-state index in [0.29, 0.717) is 18.7 Å². The fourth-order valence-corrected chi connectivity index (χ4v) is 1.76. The third-order valence-corrected chi connectivity index (χ3v) is 2.70. The lowest BCUT2D eigenvalue weighted by atomic mass is 10.2. The van der Waals surface area contributed by atoms with Gasteiger partial charge in [-0.15, -0.1) is 0 Å². The normalized spacial score (nSPS) is 10.1. The van der Waals surface area contributed by atoms with Gasteiger partial charge in [0.15, 0.2) is 0 Å². The van der Waals surface area contributed by atoms with Crippen LogP contribution in [0.3, 0.4) is 0 Å². The fourth-order valence-electron chi connectivity index (χ4n) is 1.76. The quantitative estimate of drug-likeness (QED) is 0.372. The number of hydrogen-bond donors (Lipinski definition) is 1. The van der Waals surface area contributed by atoms with Crippen LogP contribution < -0.4 is 5.32 Å². The number of carbonyl (C=O) groups excluding carboxylic acids is 1. The SMILES string of the molecule is [N-]=[N+]=NCCCCNC(=O)c1cnn2ccccc12. The highest BCUT2D eigenvalue weighted by Gasteiger charge is 2.10. The summed E-state index contributed by atoms with van der Waals surface area (Å²) in [5.41, 5.74) is 9.47. The predicted molar refractivity (Wildman–Crippen MR) is 70.8 cm³/mol. The molecule has 0 fully saturated rings. The lowest BCUT2D eigenvalue weighted by molar-refractivity contribution is 0.0954. The molecule has 0 aliphatic carbocycles. The number of azide groups is 1. The van der Waals surface area contributed by atoms with E-state index >= 15 is 0 Å². The van der Waals surface area contributed by atoms with Crippen molar-refractivity contribution in [3.8, 4) is 0 Å². The number of carbonyl (C=O) groups is 1. The van der Waals surface area contributed by atoms with Crippen LogP contribution in [0.5, 0.6) is 0 Å². The van der Waals surface area contributed by atoms with Crippen LogP contribution in [0.1, 0.15) is 23.2 Å². The predicted octanol–water partition coefficient (Wildman–Crippen LogP) is 2.15. The second-order valence-corrected chi connectivity index (χ2v) is 4.01. The molecule has 98 valence electrons. The molecule has 2 heterocycles. The molecular weight excluding hydrogens is 244 g/mol. The highest BCUT2D eigenvalue weighted by Crippen LogP contribution is 2.09. The third kappa shape index (κ3) is 3.23. The maximum absolute atomic E-state index is 12.0. The molecule has 2 rings (SSSR count). The van der Waals surface area contributed by atoms with Crippen molar-refractivity contribution in [2.24, 2.45) is 5.11 Å². The number of unbranched alkanes of at least 4 members (excludes halogenated alkanes) is 1. The Labute approximate surface area is 109 Å². The summed E-state index contributed by atoms with van der Waals surface area (Å²) in [6, 6.07) is 5.58. The van der Waals surface area contributed by atoms with E-state index in [4.69, 9.17) is 5.53 Å². The molecule has 0 unspecified atom stereocenters. The van der Waals surface area contributed by atoms with Gasteiger partial charge in [0.2, 0.25) is 0 Å². The minimum Gasteiger partial charge on any atom is -0.352 e. The highest BCUT2D eigenvalue weighted by atomic mass is 16.1. The Balaban J connectivity index is 1.88. The molecule has 0 bridgehead atoms. The third-order valence-electron chi connectivity index (χ3n) is 2.70. The van der Waals surface area contributed by atoms with Crippen LogP contribution in [0.15, 0.2) is 35.7 Å². The van der Waals surface area contributed by atoms with Gasteiger partial charge in [0.1, 0.15) is 0 Å². The Bertz CT molecular complexity index is 613. The Kier molecular flexibility index (Phi) is 4.36. The van der Waals surface area contributed by atoms with Crippen molar-refractivity contribution >= 4 is 11.4 Å². The maximum Gasteiger partial charge on any atom is 0.255 e. The number of nitrogens with zero attached hydrogens (tertiary/aromatic N) is 5. The second-order valence-electron chi connectivity index (χ2n) is 4.01. The zero-order valence-electron chi connectivity index (χ0n) is 10.4. The second kappa shape index (κ2) is 6.42. The minimum absolute atomic E-state index is 0.134. The van der Waals surface area contributed by atoms with E-state index in [1.807, 2.05) is 18.2 Å². The molecule has 0 atom stereocenters. The van der Waals surface area contributed by atoms with Gasteiger partial charge in [-0.3, -0.25) is 4.79 Å². The van der Waals surface area contributed by atoms with Crippen molar-refractivity contribution < 1.29 is 4.79 Å². The standard InChI is InChI=1S/C12H14N6O/c13-17-15-7-3-2-6-14-12(19)10-9-16-18-8-4-1-5-11(10)18/h1,4-5,8-9H,2-3,6-7H2,(H,14,19). The van der Waals surface area contributed by atoms with E-state index in [1.165, 1.54) is 0 Å². The average molecular weight is 258 g/mol. The summed E-state index contributed by atoms with van der Waals surface area (Å²) in [5, 5.41) is 10.4. The van der Waals surface area contributed by atoms with Crippen molar-refractivity contribution in [1.29, 1.82) is 0 Å². The maximum atomic E-state index is 12.0. The van der Waals surface area contributed by atoms with Gasteiger partial charge >= 0.3 is 0 Å². The molecule has 0 spiro atoms. The van der Waals surface area contributed by atoms with Gasteiger partial charge in [-0.1, -0.05) is 11.2 Å². The molecule has 2 aromatic rings. The van der Waals surface area contributed by atoms with Gasteiger partial charge in [-0.05, 0) is 30.5 Å². The summed E-state index contributed by atoms with van der Waals surface area (Å²) in [7, 11) is 0. The number of fused-ring (bicyclic) bond motifs is 1. The summed E-state index contributed by atoms with van der Waals surface area (Å²) >= 11 is 0. The highest BCUT2D eigenvalue weighted by molar-refractivity contribution is 6.00. The van der Waals surface area contributed by atoms with Crippen LogP contribution >= 0.6 is 0 Å². The Morgan fingerprint density at radius 3 is 3.21 bits per heavy atom. The van der Waals surface area contributed by atoms with E-state index in [1.54, 1.807) is 16.9 Å². The molecule has 0 saturated heterocycles. The summed E-state index contributed by atoms with van der Waals surface area (Å²) in [4.78, 5) is 14.6. The molecule has 0 aromatic carbocycles. The first-order chi connectivity index (χ1) is 9.33. The largest absolute Gasteiger partial charge is 0.352 e. The molecule has 0 radical (unpaired) electrons. The van der Waals surface area contributed by atoms with Crippen molar-refractivity contribution in [1.82, 2.24) is 14.9 Å². The molecule has 7 nitrogen and oxygen atoms in total. The molecule has 0 aliphatic rings. The first kappa shape index (κ1) is 12.9. The first-order valence-electron chi connectivity index (χ1n) is 6.04. The molecule has 1 N–H and O–H groups in total. The van der Waals surface area contributed by atoms with Crippen LogP contribution in [-0.2, 0) is 0 Å². The summed E-state index contributed by atoms with van der Waals surface area (Å²) < 4.78 is 1.66. The van der Waals surface area contributed by atoms with Crippen molar-refractivity contribution in [3.63, 3.8) is 0 Å². The summed E-state index contributed by atoms with van der Waals surface area (Å²) in [5.74, 6) is -0.134. The van der Waals surface area contributed by atoms with Crippen LogP contribution in [0.25, 0.3) is 16.0 Å². The lowest BCUT2D eigenvalue weighted by Gasteiger charge is -2.03. The minimum atomic E-state index is -0.134. The van der Waals surface area contributed by atoms with Gasteiger partial charge in [0, 0.05) is 24.2 Å². The monoisotopic (exact) mass is 258 g/mol.